The van der Waals surface area contributed by atoms with Crippen LogP contribution >= 0.6 is 0 Å². The van der Waals surface area contributed by atoms with Gasteiger partial charge in [-0.05, 0) is 31.2 Å². The molecule has 1 aromatic carbocycles. The van der Waals surface area contributed by atoms with Crippen LogP contribution in [-0.2, 0) is 4.74 Å². The number of hydrogen-bond donors (Lipinski definition) is 0. The maximum absolute atomic E-state index is 11.6. The Bertz CT molecular complexity index is 448. The second-order valence-electron chi connectivity index (χ2n) is 4.84. The van der Waals surface area contributed by atoms with Gasteiger partial charge in [-0.2, -0.15) is 0 Å². The van der Waals surface area contributed by atoms with Crippen molar-refractivity contribution in [2.75, 3.05) is 44.2 Å². The van der Waals surface area contributed by atoms with E-state index in [0.717, 1.165) is 38.4 Å². The molecule has 0 radical (unpaired) electrons. The Morgan fingerprint density at radius 2 is 1.90 bits per heavy atom. The van der Waals surface area contributed by atoms with E-state index in [4.69, 9.17) is 4.74 Å². The first-order chi connectivity index (χ1) is 9.74. The fourth-order valence-electron chi connectivity index (χ4n) is 2.39. The van der Waals surface area contributed by atoms with Crippen LogP contribution < -0.4 is 4.90 Å². The van der Waals surface area contributed by atoms with E-state index >= 15 is 0 Å². The molecule has 0 aromatic heterocycles. The van der Waals surface area contributed by atoms with E-state index in [1.807, 2.05) is 37.3 Å². The van der Waals surface area contributed by atoms with Crippen molar-refractivity contribution in [2.24, 2.45) is 0 Å². The molecule has 0 bridgehead atoms. The minimum atomic E-state index is -0.255. The van der Waals surface area contributed by atoms with Crippen LogP contribution in [0.5, 0.6) is 0 Å². The van der Waals surface area contributed by atoms with Gasteiger partial charge < -0.3 is 9.64 Å². The van der Waals surface area contributed by atoms with Gasteiger partial charge in [-0.1, -0.05) is 6.08 Å². The van der Waals surface area contributed by atoms with Crippen LogP contribution in [0.3, 0.4) is 0 Å². The topological polar surface area (TPSA) is 32.8 Å². The summed E-state index contributed by atoms with van der Waals surface area (Å²) >= 11 is 0. The van der Waals surface area contributed by atoms with E-state index in [0.29, 0.717) is 12.2 Å². The first-order valence-electron chi connectivity index (χ1n) is 7.10. The Labute approximate surface area is 120 Å². The lowest BCUT2D eigenvalue weighted by Crippen LogP contribution is -2.46. The zero-order chi connectivity index (χ0) is 14.4. The van der Waals surface area contributed by atoms with Gasteiger partial charge in [0.05, 0.1) is 12.2 Å². The lowest BCUT2D eigenvalue weighted by molar-refractivity contribution is 0.0526. The molecule has 0 unspecified atom stereocenters. The molecule has 1 aliphatic rings. The van der Waals surface area contributed by atoms with Gasteiger partial charge in [0.1, 0.15) is 0 Å². The van der Waals surface area contributed by atoms with E-state index in [9.17, 15) is 4.79 Å². The number of esters is 1. The molecule has 0 spiro atoms. The monoisotopic (exact) mass is 274 g/mol. The number of hydrogen-bond acceptors (Lipinski definition) is 4. The molecule has 1 aromatic rings. The lowest BCUT2D eigenvalue weighted by atomic mass is 10.2. The van der Waals surface area contributed by atoms with Gasteiger partial charge in [0, 0.05) is 38.4 Å². The molecule has 0 amide bonds. The van der Waals surface area contributed by atoms with Gasteiger partial charge in [0.25, 0.3) is 0 Å². The zero-order valence-corrected chi connectivity index (χ0v) is 12.0. The molecule has 4 nitrogen and oxygen atoms in total. The molecular weight excluding hydrogens is 252 g/mol. The highest BCUT2D eigenvalue weighted by atomic mass is 16.5. The van der Waals surface area contributed by atoms with Crippen LogP contribution in [0.1, 0.15) is 17.3 Å². The molecule has 0 aliphatic carbocycles. The third kappa shape index (κ3) is 3.61. The molecule has 0 N–H and O–H groups in total. The van der Waals surface area contributed by atoms with Crippen molar-refractivity contribution in [3.63, 3.8) is 0 Å². The summed E-state index contributed by atoms with van der Waals surface area (Å²) in [5.74, 6) is -0.255. The number of carbonyl (C=O) groups is 1. The fourth-order valence-corrected chi connectivity index (χ4v) is 2.39. The summed E-state index contributed by atoms with van der Waals surface area (Å²) in [4.78, 5) is 16.3. The van der Waals surface area contributed by atoms with E-state index in [-0.39, 0.29) is 5.97 Å². The second kappa shape index (κ2) is 7.10. The first kappa shape index (κ1) is 14.6. The molecule has 0 saturated carbocycles. The standard InChI is InChI=1S/C16H22N2O2/c1-3-9-17-10-12-18(13-11-17)15-7-5-14(6-8-15)16(19)20-4-2/h3,5-8H,1,4,9-13H2,2H3. The summed E-state index contributed by atoms with van der Waals surface area (Å²) in [5.41, 5.74) is 1.78. The number of ether oxygens (including phenoxy) is 1. The van der Waals surface area contributed by atoms with Gasteiger partial charge in [-0.15, -0.1) is 6.58 Å². The number of piperazine rings is 1. The predicted molar refractivity (Wildman–Crippen MR) is 81.2 cm³/mol. The predicted octanol–water partition coefficient (Wildman–Crippen LogP) is 2.17. The molecule has 1 heterocycles. The van der Waals surface area contributed by atoms with Crippen molar-refractivity contribution in [3.8, 4) is 0 Å². The molecule has 108 valence electrons. The Kier molecular flexibility index (Phi) is 5.18. The Morgan fingerprint density at radius 1 is 1.25 bits per heavy atom. The van der Waals surface area contributed by atoms with Gasteiger partial charge in [-0.25, -0.2) is 4.79 Å². The van der Waals surface area contributed by atoms with Crippen molar-refractivity contribution in [1.29, 1.82) is 0 Å². The molecule has 1 aliphatic heterocycles. The minimum absolute atomic E-state index is 0.255. The van der Waals surface area contributed by atoms with Gasteiger partial charge in [0.2, 0.25) is 0 Å². The van der Waals surface area contributed by atoms with E-state index < -0.39 is 0 Å². The Morgan fingerprint density at radius 3 is 2.45 bits per heavy atom. The fraction of sp³-hybridized carbons (Fsp3) is 0.438. The number of benzene rings is 1. The first-order valence-corrected chi connectivity index (χ1v) is 7.10. The van der Waals surface area contributed by atoms with Crippen molar-refractivity contribution in [3.05, 3.63) is 42.5 Å². The molecule has 2 rings (SSSR count). The van der Waals surface area contributed by atoms with E-state index in [1.54, 1.807) is 0 Å². The van der Waals surface area contributed by atoms with Crippen molar-refractivity contribution in [2.45, 2.75) is 6.92 Å². The third-order valence-electron chi connectivity index (χ3n) is 3.50. The number of carbonyl (C=O) groups excluding carboxylic acids is 1. The molecule has 1 saturated heterocycles. The molecule has 20 heavy (non-hydrogen) atoms. The highest BCUT2D eigenvalue weighted by molar-refractivity contribution is 5.89. The Hall–Kier alpha value is -1.81. The summed E-state index contributed by atoms with van der Waals surface area (Å²) in [6.45, 7) is 11.1. The van der Waals surface area contributed by atoms with E-state index in [2.05, 4.69) is 16.4 Å². The highest BCUT2D eigenvalue weighted by Crippen LogP contribution is 2.17. The average molecular weight is 274 g/mol. The van der Waals surface area contributed by atoms with Crippen LogP contribution in [0.4, 0.5) is 5.69 Å². The molecular formula is C16H22N2O2. The lowest BCUT2D eigenvalue weighted by Gasteiger charge is -2.35. The second-order valence-corrected chi connectivity index (χ2v) is 4.84. The summed E-state index contributed by atoms with van der Waals surface area (Å²) in [6.07, 6.45) is 1.95. The third-order valence-corrected chi connectivity index (χ3v) is 3.50. The number of rotatable bonds is 5. The van der Waals surface area contributed by atoms with Gasteiger partial charge in [0.15, 0.2) is 0 Å². The smallest absolute Gasteiger partial charge is 0.338 e. The van der Waals surface area contributed by atoms with Crippen LogP contribution in [0.25, 0.3) is 0 Å². The zero-order valence-electron chi connectivity index (χ0n) is 12.0. The van der Waals surface area contributed by atoms with Crippen molar-refractivity contribution in [1.82, 2.24) is 4.90 Å². The Balaban J connectivity index is 1.94. The van der Waals surface area contributed by atoms with Gasteiger partial charge in [-0.3, -0.25) is 4.90 Å². The van der Waals surface area contributed by atoms with Crippen LogP contribution in [0, 0.1) is 0 Å². The normalized spacial score (nSPS) is 15.9. The summed E-state index contributed by atoms with van der Waals surface area (Å²) in [5, 5.41) is 0. The quantitative estimate of drug-likeness (QED) is 0.608. The maximum Gasteiger partial charge on any atom is 0.338 e. The molecule has 0 atom stereocenters. The SMILES string of the molecule is C=CCN1CCN(c2ccc(C(=O)OCC)cc2)CC1. The van der Waals surface area contributed by atoms with E-state index in [1.165, 1.54) is 0 Å². The van der Waals surface area contributed by atoms with Crippen molar-refractivity contribution < 1.29 is 9.53 Å². The highest BCUT2D eigenvalue weighted by Gasteiger charge is 2.16. The van der Waals surface area contributed by atoms with Crippen LogP contribution in [0.15, 0.2) is 36.9 Å². The van der Waals surface area contributed by atoms with Crippen LogP contribution in [-0.4, -0.2) is 50.2 Å². The number of nitrogens with zero attached hydrogens (tertiary/aromatic N) is 2. The average Bonchev–Trinajstić information content (AvgIpc) is 2.49. The molecule has 4 heteroatoms. The molecule has 1 fully saturated rings. The maximum atomic E-state index is 11.6. The largest absolute Gasteiger partial charge is 0.462 e. The van der Waals surface area contributed by atoms with Gasteiger partial charge >= 0.3 is 5.97 Å². The summed E-state index contributed by atoms with van der Waals surface area (Å²) in [7, 11) is 0. The van der Waals surface area contributed by atoms with Crippen molar-refractivity contribution >= 4 is 11.7 Å². The summed E-state index contributed by atoms with van der Waals surface area (Å²) < 4.78 is 4.99. The minimum Gasteiger partial charge on any atom is -0.462 e. The van der Waals surface area contributed by atoms with Crippen LogP contribution in [0.2, 0.25) is 0 Å². The summed E-state index contributed by atoms with van der Waals surface area (Å²) in [6, 6.07) is 7.66. The number of anilines is 1.